The highest BCUT2D eigenvalue weighted by molar-refractivity contribution is 8.13. The molecule has 1 atom stereocenters. The van der Waals surface area contributed by atoms with Crippen molar-refractivity contribution >= 4 is 28.9 Å². The zero-order valence-electron chi connectivity index (χ0n) is 10.4. The minimum Gasteiger partial charge on any atom is -0.444 e. The molecule has 0 radical (unpaired) electrons. The molecule has 0 saturated heterocycles. The monoisotopic (exact) mass is 262 g/mol. The van der Waals surface area contributed by atoms with Gasteiger partial charge in [0.2, 0.25) is 5.91 Å². The van der Waals surface area contributed by atoms with Crippen LogP contribution in [0.5, 0.6) is 0 Å². The third-order valence-corrected chi connectivity index (χ3v) is 2.39. The maximum absolute atomic E-state index is 11.4. The normalized spacial score (nSPS) is 12.7. The van der Waals surface area contributed by atoms with Gasteiger partial charge in [0.05, 0.1) is 0 Å². The van der Waals surface area contributed by atoms with Crippen LogP contribution in [-0.4, -0.2) is 34.5 Å². The number of hydrogen-bond donors (Lipinski definition) is 2. The molecule has 0 aromatic heterocycles. The summed E-state index contributed by atoms with van der Waals surface area (Å²) in [4.78, 5) is 33.2. The van der Waals surface area contributed by atoms with Crippen molar-refractivity contribution in [2.45, 2.75) is 39.3 Å². The van der Waals surface area contributed by atoms with Gasteiger partial charge in [-0.05, 0) is 20.8 Å². The first kappa shape index (κ1) is 15.8. The van der Waals surface area contributed by atoms with E-state index < -0.39 is 23.6 Å². The molecule has 0 heterocycles. The van der Waals surface area contributed by atoms with Crippen LogP contribution in [0.2, 0.25) is 0 Å². The lowest BCUT2D eigenvalue weighted by molar-refractivity contribution is -0.119. The molecule has 0 rings (SSSR count). The molecule has 0 saturated carbocycles. The van der Waals surface area contributed by atoms with Crippen molar-refractivity contribution in [3.05, 3.63) is 0 Å². The first-order chi connectivity index (χ1) is 7.61. The van der Waals surface area contributed by atoms with E-state index in [4.69, 9.17) is 10.5 Å². The van der Waals surface area contributed by atoms with Crippen molar-refractivity contribution in [3.63, 3.8) is 0 Å². The lowest BCUT2D eigenvalue weighted by atomic mass is 10.2. The van der Waals surface area contributed by atoms with Gasteiger partial charge in [0.1, 0.15) is 11.6 Å². The molecule has 2 amide bonds. The zero-order chi connectivity index (χ0) is 13.6. The summed E-state index contributed by atoms with van der Waals surface area (Å²) >= 11 is 0.918. The van der Waals surface area contributed by atoms with E-state index in [1.54, 1.807) is 20.8 Å². The number of carbonyl (C=O) groups excluding carboxylic acids is 3. The van der Waals surface area contributed by atoms with E-state index in [1.807, 2.05) is 0 Å². The lowest BCUT2D eigenvalue weighted by Crippen LogP contribution is -2.47. The van der Waals surface area contributed by atoms with E-state index in [9.17, 15) is 14.4 Å². The van der Waals surface area contributed by atoms with Gasteiger partial charge in [-0.3, -0.25) is 9.59 Å². The maximum Gasteiger partial charge on any atom is 0.408 e. The van der Waals surface area contributed by atoms with E-state index in [0.717, 1.165) is 11.8 Å². The molecular formula is C10H18N2O4S. The Morgan fingerprint density at radius 2 is 1.88 bits per heavy atom. The molecular weight excluding hydrogens is 244 g/mol. The van der Waals surface area contributed by atoms with Gasteiger partial charge in [-0.25, -0.2) is 4.79 Å². The third kappa shape index (κ3) is 8.56. The second-order valence-electron chi connectivity index (χ2n) is 4.40. The zero-order valence-corrected chi connectivity index (χ0v) is 11.2. The summed E-state index contributed by atoms with van der Waals surface area (Å²) in [6.45, 7) is 6.48. The minimum absolute atomic E-state index is 0.101. The first-order valence-electron chi connectivity index (χ1n) is 5.04. The predicted octanol–water partition coefficient (Wildman–Crippen LogP) is 0.645. The lowest BCUT2D eigenvalue weighted by Gasteiger charge is -2.22. The van der Waals surface area contributed by atoms with Crippen LogP contribution in [0, 0.1) is 0 Å². The predicted molar refractivity (Wildman–Crippen MR) is 65.5 cm³/mol. The second-order valence-corrected chi connectivity index (χ2v) is 5.60. The van der Waals surface area contributed by atoms with Gasteiger partial charge in [-0.15, -0.1) is 0 Å². The van der Waals surface area contributed by atoms with Crippen LogP contribution in [0.4, 0.5) is 4.79 Å². The average molecular weight is 262 g/mol. The van der Waals surface area contributed by atoms with Crippen molar-refractivity contribution in [2.24, 2.45) is 5.73 Å². The fourth-order valence-corrected chi connectivity index (χ4v) is 1.49. The Hall–Kier alpha value is -1.24. The van der Waals surface area contributed by atoms with E-state index in [2.05, 4.69) is 5.32 Å². The summed E-state index contributed by atoms with van der Waals surface area (Å²) < 4.78 is 4.97. The minimum atomic E-state index is -0.918. The summed E-state index contributed by atoms with van der Waals surface area (Å²) in [6, 6.07) is -0.918. The highest BCUT2D eigenvalue weighted by Gasteiger charge is 2.23. The third-order valence-electron chi connectivity index (χ3n) is 1.49. The number of rotatable bonds is 4. The van der Waals surface area contributed by atoms with E-state index >= 15 is 0 Å². The largest absolute Gasteiger partial charge is 0.444 e. The molecule has 0 spiro atoms. The van der Waals surface area contributed by atoms with Gasteiger partial charge in [0, 0.05) is 12.7 Å². The van der Waals surface area contributed by atoms with E-state index in [1.165, 1.54) is 6.92 Å². The Morgan fingerprint density at radius 1 is 1.35 bits per heavy atom. The van der Waals surface area contributed by atoms with Crippen LogP contribution in [-0.2, 0) is 14.3 Å². The fourth-order valence-electron chi connectivity index (χ4n) is 0.845. The molecule has 0 aromatic carbocycles. The van der Waals surface area contributed by atoms with Crippen LogP contribution in [0.1, 0.15) is 27.7 Å². The van der Waals surface area contributed by atoms with Crippen LogP contribution in [0.25, 0.3) is 0 Å². The standard InChI is InChI=1S/C10H18N2O4S/c1-6(13)17-5-7(8(11)14)12-9(15)16-10(2,3)4/h7H,5H2,1-4H3,(H2,11,14)(H,12,15). The molecule has 0 bridgehead atoms. The van der Waals surface area contributed by atoms with Crippen molar-refractivity contribution in [1.82, 2.24) is 5.32 Å². The van der Waals surface area contributed by atoms with Crippen LogP contribution >= 0.6 is 11.8 Å². The molecule has 17 heavy (non-hydrogen) atoms. The number of primary amides is 1. The van der Waals surface area contributed by atoms with E-state index in [-0.39, 0.29) is 10.9 Å². The fraction of sp³-hybridized carbons (Fsp3) is 0.700. The molecule has 7 heteroatoms. The summed E-state index contributed by atoms with van der Waals surface area (Å²) in [5.41, 5.74) is 4.45. The van der Waals surface area contributed by atoms with Crippen LogP contribution < -0.4 is 11.1 Å². The molecule has 0 aliphatic rings. The molecule has 3 N–H and O–H groups in total. The molecule has 1 unspecified atom stereocenters. The molecule has 98 valence electrons. The Bertz CT molecular complexity index is 312. The number of ether oxygens (including phenoxy) is 1. The Kier molecular flexibility index (Phi) is 6.01. The number of alkyl carbamates (subject to hydrolysis) is 1. The maximum atomic E-state index is 11.4. The van der Waals surface area contributed by atoms with Gasteiger partial charge in [-0.2, -0.15) is 0 Å². The molecule has 6 nitrogen and oxygen atoms in total. The van der Waals surface area contributed by atoms with Crippen molar-refractivity contribution < 1.29 is 19.1 Å². The van der Waals surface area contributed by atoms with Crippen molar-refractivity contribution in [3.8, 4) is 0 Å². The molecule has 0 aliphatic heterocycles. The number of amides is 2. The second kappa shape index (κ2) is 6.48. The molecule has 0 fully saturated rings. The Labute approximate surface area is 105 Å². The quantitative estimate of drug-likeness (QED) is 0.775. The van der Waals surface area contributed by atoms with Gasteiger partial charge in [-0.1, -0.05) is 11.8 Å². The number of nitrogens with one attached hydrogen (secondary N) is 1. The van der Waals surface area contributed by atoms with Crippen LogP contribution in [0.3, 0.4) is 0 Å². The van der Waals surface area contributed by atoms with Gasteiger partial charge in [0.25, 0.3) is 0 Å². The van der Waals surface area contributed by atoms with Crippen molar-refractivity contribution in [2.75, 3.05) is 5.75 Å². The highest BCUT2D eigenvalue weighted by atomic mass is 32.2. The first-order valence-corrected chi connectivity index (χ1v) is 6.02. The summed E-state index contributed by atoms with van der Waals surface area (Å²) in [7, 11) is 0. The number of hydrogen-bond acceptors (Lipinski definition) is 5. The summed E-state index contributed by atoms with van der Waals surface area (Å²) in [5.74, 6) is -0.603. The van der Waals surface area contributed by atoms with E-state index in [0.29, 0.717) is 0 Å². The summed E-state index contributed by atoms with van der Waals surface area (Å²) in [5, 5.41) is 2.17. The smallest absolute Gasteiger partial charge is 0.408 e. The Morgan fingerprint density at radius 3 is 2.24 bits per heavy atom. The topological polar surface area (TPSA) is 98.5 Å². The SMILES string of the molecule is CC(=O)SCC(NC(=O)OC(C)(C)C)C(N)=O. The Balaban J connectivity index is 4.30. The number of carbonyl (C=O) groups is 3. The average Bonchev–Trinajstić information content (AvgIpc) is 2.08. The number of nitrogens with two attached hydrogens (primary N) is 1. The molecule has 0 aromatic rings. The molecule has 0 aliphatic carbocycles. The summed E-state index contributed by atoms with van der Waals surface area (Å²) in [6.07, 6.45) is -0.731. The number of thioether (sulfide) groups is 1. The van der Waals surface area contributed by atoms with Gasteiger partial charge in [0.15, 0.2) is 5.12 Å². The highest BCUT2D eigenvalue weighted by Crippen LogP contribution is 2.08. The van der Waals surface area contributed by atoms with Crippen molar-refractivity contribution in [1.29, 1.82) is 0 Å². The van der Waals surface area contributed by atoms with Crippen LogP contribution in [0.15, 0.2) is 0 Å². The van der Waals surface area contributed by atoms with Gasteiger partial charge < -0.3 is 15.8 Å². The van der Waals surface area contributed by atoms with Gasteiger partial charge >= 0.3 is 6.09 Å².